The Hall–Kier alpha value is -2.22. The van der Waals surface area contributed by atoms with Crippen LogP contribution in [0.15, 0.2) is 47.8 Å². The van der Waals surface area contributed by atoms with Crippen LogP contribution in [-0.4, -0.2) is 63.2 Å². The molecule has 1 aromatic carbocycles. The van der Waals surface area contributed by atoms with Gasteiger partial charge in [0, 0.05) is 18.0 Å². The first-order valence-corrected chi connectivity index (χ1v) is 10.1. The SMILES string of the molecule is C[NH+](CC(=O)N[C@H](c1ccccc1)c1cccs1)CC(=O)N1CCOCC1. The molecule has 144 valence electrons. The van der Waals surface area contributed by atoms with Crippen molar-refractivity contribution in [2.24, 2.45) is 0 Å². The van der Waals surface area contributed by atoms with Crippen LogP contribution in [0.4, 0.5) is 0 Å². The summed E-state index contributed by atoms with van der Waals surface area (Å²) in [7, 11) is 1.88. The number of hydrogen-bond donors (Lipinski definition) is 2. The lowest BCUT2D eigenvalue weighted by atomic mass is 10.1. The van der Waals surface area contributed by atoms with Gasteiger partial charge in [-0.15, -0.1) is 11.3 Å². The standard InChI is InChI=1S/C20H25N3O3S/c1-22(15-19(25)23-9-11-26-12-10-23)14-18(24)21-20(17-8-5-13-27-17)16-6-3-2-4-7-16/h2-8,13,20H,9-12,14-15H2,1H3,(H,21,24)/p+1/t20-/m1/s1. The number of morpholine rings is 1. The van der Waals surface area contributed by atoms with Gasteiger partial charge in [-0.2, -0.15) is 0 Å². The second kappa shape index (κ2) is 9.64. The third-order valence-corrected chi connectivity index (χ3v) is 5.48. The van der Waals surface area contributed by atoms with Gasteiger partial charge in [-0.05, 0) is 17.0 Å². The van der Waals surface area contributed by atoms with E-state index >= 15 is 0 Å². The van der Waals surface area contributed by atoms with Crippen molar-refractivity contribution in [3.63, 3.8) is 0 Å². The van der Waals surface area contributed by atoms with E-state index in [0.717, 1.165) is 15.3 Å². The molecule has 2 amide bonds. The Morgan fingerprint density at radius 2 is 1.89 bits per heavy atom. The minimum Gasteiger partial charge on any atom is -0.378 e. The van der Waals surface area contributed by atoms with Crippen LogP contribution < -0.4 is 10.2 Å². The molecule has 2 heterocycles. The number of benzene rings is 1. The average Bonchev–Trinajstić information content (AvgIpc) is 3.22. The third kappa shape index (κ3) is 5.63. The lowest BCUT2D eigenvalue weighted by Gasteiger charge is -2.27. The van der Waals surface area contributed by atoms with Crippen LogP contribution in [0.3, 0.4) is 0 Å². The number of carbonyl (C=O) groups is 2. The van der Waals surface area contributed by atoms with Crippen LogP contribution in [0, 0.1) is 0 Å². The zero-order valence-corrected chi connectivity index (χ0v) is 16.3. The molecule has 7 heteroatoms. The van der Waals surface area contributed by atoms with Gasteiger partial charge in [0.1, 0.15) is 0 Å². The van der Waals surface area contributed by atoms with Gasteiger partial charge in [0.25, 0.3) is 11.8 Å². The molecule has 0 saturated carbocycles. The Labute approximate surface area is 163 Å². The van der Waals surface area contributed by atoms with E-state index in [1.165, 1.54) is 0 Å². The lowest BCUT2D eigenvalue weighted by Crippen LogP contribution is -3.11. The van der Waals surface area contributed by atoms with Crippen molar-refractivity contribution in [1.82, 2.24) is 10.2 Å². The second-order valence-corrected chi connectivity index (χ2v) is 7.71. The number of ether oxygens (including phenoxy) is 1. The van der Waals surface area contributed by atoms with E-state index < -0.39 is 0 Å². The van der Waals surface area contributed by atoms with E-state index in [0.29, 0.717) is 32.8 Å². The molecule has 2 N–H and O–H groups in total. The molecule has 6 nitrogen and oxygen atoms in total. The predicted molar refractivity (Wildman–Crippen MR) is 105 cm³/mol. The van der Waals surface area contributed by atoms with Crippen molar-refractivity contribution in [3.05, 3.63) is 58.3 Å². The first-order chi connectivity index (χ1) is 13.1. The van der Waals surface area contributed by atoms with E-state index in [2.05, 4.69) is 5.32 Å². The summed E-state index contributed by atoms with van der Waals surface area (Å²) in [5.74, 6) is 0.00555. The highest BCUT2D eigenvalue weighted by atomic mass is 32.1. The maximum Gasteiger partial charge on any atom is 0.277 e. The molecule has 0 spiro atoms. The van der Waals surface area contributed by atoms with Crippen LogP contribution in [0.2, 0.25) is 0 Å². The fourth-order valence-electron chi connectivity index (χ4n) is 3.15. The minimum atomic E-state index is -0.165. The Kier molecular flexibility index (Phi) is 6.98. The zero-order valence-electron chi connectivity index (χ0n) is 15.5. The van der Waals surface area contributed by atoms with E-state index in [9.17, 15) is 9.59 Å². The molecular formula is C20H26N3O3S+. The molecule has 3 rings (SSSR count). The Morgan fingerprint density at radius 3 is 2.56 bits per heavy atom. The maximum atomic E-state index is 12.6. The molecule has 27 heavy (non-hydrogen) atoms. The van der Waals surface area contributed by atoms with Gasteiger partial charge in [0.05, 0.1) is 26.3 Å². The van der Waals surface area contributed by atoms with Crippen LogP contribution in [0.25, 0.3) is 0 Å². The van der Waals surface area contributed by atoms with Gasteiger partial charge in [-0.25, -0.2) is 0 Å². The van der Waals surface area contributed by atoms with Crippen molar-refractivity contribution < 1.29 is 19.2 Å². The number of thiophene rings is 1. The van der Waals surface area contributed by atoms with Crippen LogP contribution in [0.5, 0.6) is 0 Å². The number of amides is 2. The number of carbonyl (C=O) groups excluding carboxylic acids is 2. The second-order valence-electron chi connectivity index (χ2n) is 6.73. The molecular weight excluding hydrogens is 362 g/mol. The van der Waals surface area contributed by atoms with Gasteiger partial charge in [0.15, 0.2) is 13.1 Å². The minimum absolute atomic E-state index is 0.0652. The van der Waals surface area contributed by atoms with E-state index in [-0.39, 0.29) is 24.4 Å². The molecule has 1 aromatic heterocycles. The van der Waals surface area contributed by atoms with E-state index in [4.69, 9.17) is 4.74 Å². The summed E-state index contributed by atoms with van der Waals surface area (Å²) in [6.07, 6.45) is 0. The predicted octanol–water partition coefficient (Wildman–Crippen LogP) is 0.327. The summed E-state index contributed by atoms with van der Waals surface area (Å²) in [6.45, 7) is 3.00. The van der Waals surface area contributed by atoms with Crippen molar-refractivity contribution in [2.75, 3.05) is 46.4 Å². The van der Waals surface area contributed by atoms with E-state index in [1.54, 1.807) is 11.3 Å². The largest absolute Gasteiger partial charge is 0.378 e. The number of likely N-dealkylation sites (N-methyl/N-ethyl adjacent to an activating group) is 1. The van der Waals surface area contributed by atoms with Crippen LogP contribution in [-0.2, 0) is 14.3 Å². The molecule has 1 aliphatic rings. The summed E-state index contributed by atoms with van der Waals surface area (Å²) in [5.41, 5.74) is 1.05. The van der Waals surface area contributed by atoms with Crippen LogP contribution in [0.1, 0.15) is 16.5 Å². The molecule has 1 unspecified atom stereocenters. The highest BCUT2D eigenvalue weighted by Gasteiger charge is 2.23. The Bertz CT molecular complexity index is 730. The number of nitrogens with zero attached hydrogens (tertiary/aromatic N) is 1. The monoisotopic (exact) mass is 388 g/mol. The highest BCUT2D eigenvalue weighted by molar-refractivity contribution is 7.10. The fraction of sp³-hybridized carbons (Fsp3) is 0.400. The van der Waals surface area contributed by atoms with Gasteiger partial charge in [0.2, 0.25) is 0 Å². The molecule has 1 fully saturated rings. The zero-order chi connectivity index (χ0) is 19.1. The van der Waals surface area contributed by atoms with E-state index in [1.807, 2.05) is 59.8 Å². The summed E-state index contributed by atoms with van der Waals surface area (Å²) in [4.78, 5) is 28.7. The van der Waals surface area contributed by atoms with Gasteiger partial charge in [-0.3, -0.25) is 9.59 Å². The van der Waals surface area contributed by atoms with Crippen molar-refractivity contribution in [2.45, 2.75) is 6.04 Å². The highest BCUT2D eigenvalue weighted by Crippen LogP contribution is 2.25. The van der Waals surface area contributed by atoms with Crippen molar-refractivity contribution >= 4 is 23.2 Å². The summed E-state index contributed by atoms with van der Waals surface area (Å²) >= 11 is 1.62. The molecule has 1 aliphatic heterocycles. The number of hydrogen-bond acceptors (Lipinski definition) is 4. The molecule has 0 aliphatic carbocycles. The number of nitrogens with one attached hydrogen (secondary N) is 2. The summed E-state index contributed by atoms with van der Waals surface area (Å²) < 4.78 is 5.28. The van der Waals surface area contributed by atoms with Gasteiger partial charge < -0.3 is 19.9 Å². The smallest absolute Gasteiger partial charge is 0.277 e. The number of quaternary nitrogens is 1. The molecule has 0 radical (unpaired) electrons. The summed E-state index contributed by atoms with van der Waals surface area (Å²) in [5, 5.41) is 5.13. The molecule has 1 saturated heterocycles. The average molecular weight is 389 g/mol. The Balaban J connectivity index is 1.56. The quantitative estimate of drug-likeness (QED) is 0.719. The topological polar surface area (TPSA) is 63.1 Å². The maximum absolute atomic E-state index is 12.6. The Morgan fingerprint density at radius 1 is 1.15 bits per heavy atom. The van der Waals surface area contributed by atoms with Crippen molar-refractivity contribution in [1.29, 1.82) is 0 Å². The van der Waals surface area contributed by atoms with Crippen LogP contribution >= 0.6 is 11.3 Å². The molecule has 2 atom stereocenters. The molecule has 0 bridgehead atoms. The van der Waals surface area contributed by atoms with Gasteiger partial charge >= 0.3 is 0 Å². The first-order valence-electron chi connectivity index (χ1n) is 9.18. The fourth-order valence-corrected chi connectivity index (χ4v) is 3.95. The number of rotatable bonds is 7. The summed E-state index contributed by atoms with van der Waals surface area (Å²) in [6, 6.07) is 13.8. The third-order valence-electron chi connectivity index (χ3n) is 4.55. The van der Waals surface area contributed by atoms with Crippen molar-refractivity contribution in [3.8, 4) is 0 Å². The lowest BCUT2D eigenvalue weighted by molar-refractivity contribution is -0.863. The first kappa shape index (κ1) is 19.5. The molecule has 2 aromatic rings. The normalized spacial score (nSPS) is 16.6. The van der Waals surface area contributed by atoms with Gasteiger partial charge in [-0.1, -0.05) is 36.4 Å².